The van der Waals surface area contributed by atoms with Crippen LogP contribution in [0.25, 0.3) is 16.6 Å². The summed E-state index contributed by atoms with van der Waals surface area (Å²) in [6, 6.07) is 5.51. The van der Waals surface area contributed by atoms with Gasteiger partial charge in [0.25, 0.3) is 0 Å². The highest BCUT2D eigenvalue weighted by Gasteiger charge is 2.14. The molecule has 0 amide bonds. The van der Waals surface area contributed by atoms with Gasteiger partial charge in [-0.1, -0.05) is 23.2 Å². The first kappa shape index (κ1) is 18.9. The highest BCUT2D eigenvalue weighted by Crippen LogP contribution is 2.34. The van der Waals surface area contributed by atoms with E-state index < -0.39 is 10.9 Å². The number of hydrogen-bond acceptors (Lipinski definition) is 6. The van der Waals surface area contributed by atoms with Crippen molar-refractivity contribution in [3.05, 3.63) is 47.0 Å². The van der Waals surface area contributed by atoms with Crippen LogP contribution in [0.4, 0.5) is 5.82 Å². The van der Waals surface area contributed by atoms with Crippen molar-refractivity contribution in [2.45, 2.75) is 0 Å². The second-order valence-corrected chi connectivity index (χ2v) is 6.97. The van der Waals surface area contributed by atoms with Gasteiger partial charge in [0.1, 0.15) is 5.82 Å². The molecule has 1 aromatic carbocycles. The number of halogens is 2. The van der Waals surface area contributed by atoms with Crippen molar-refractivity contribution in [2.24, 2.45) is 0 Å². The predicted octanol–water partition coefficient (Wildman–Crippen LogP) is 1.78. The first-order valence-electron chi connectivity index (χ1n) is 7.58. The largest absolute Gasteiger partial charge is 0.358 e. The number of hydrazine groups is 1. The van der Waals surface area contributed by atoms with Crippen LogP contribution in [-0.2, 0) is 10.9 Å². The number of aromatic nitrogens is 3. The number of anilines is 1. The number of pyridine rings is 1. The quantitative estimate of drug-likeness (QED) is 0.310. The third-order valence-corrected chi connectivity index (χ3v) is 4.89. The predicted molar refractivity (Wildman–Crippen MR) is 104 cm³/mol. The smallest absolute Gasteiger partial charge is 0.214 e. The van der Waals surface area contributed by atoms with Crippen molar-refractivity contribution in [3.63, 3.8) is 0 Å². The molecule has 2 aromatic heterocycles. The number of nitrogens with one attached hydrogen (secondary N) is 2. The zero-order valence-corrected chi connectivity index (χ0v) is 16.1. The second-order valence-electron chi connectivity index (χ2n) is 5.44. The van der Waals surface area contributed by atoms with Crippen molar-refractivity contribution in [2.75, 3.05) is 25.0 Å². The molecule has 0 bridgehead atoms. The van der Waals surface area contributed by atoms with E-state index in [1.165, 1.54) is 0 Å². The van der Waals surface area contributed by atoms with Crippen molar-refractivity contribution in [1.82, 2.24) is 24.8 Å². The van der Waals surface area contributed by atoms with E-state index in [0.29, 0.717) is 34.5 Å². The van der Waals surface area contributed by atoms with Crippen LogP contribution in [-0.4, -0.2) is 43.1 Å². The number of rotatable bonds is 7. The maximum absolute atomic E-state index is 10.5. The summed E-state index contributed by atoms with van der Waals surface area (Å²) in [5.41, 5.74) is 4.05. The second kappa shape index (κ2) is 8.19. The maximum Gasteiger partial charge on any atom is 0.214 e. The SMILES string of the molecule is CN(CCNN[SH](=O)=O)c1cc(-n2ccnc2)c2ccc(Cl)c(Cl)c2n1. The van der Waals surface area contributed by atoms with Crippen LogP contribution >= 0.6 is 23.2 Å². The molecule has 0 radical (unpaired) electrons. The molecule has 138 valence electrons. The summed E-state index contributed by atoms with van der Waals surface area (Å²) < 4.78 is 22.9. The van der Waals surface area contributed by atoms with Crippen molar-refractivity contribution >= 4 is 50.8 Å². The minimum atomic E-state index is -2.68. The number of hydrogen-bond donors (Lipinski definition) is 3. The minimum Gasteiger partial charge on any atom is -0.358 e. The Bertz CT molecular complexity index is 985. The summed E-state index contributed by atoms with van der Waals surface area (Å²) in [7, 11) is -0.834. The van der Waals surface area contributed by atoms with Gasteiger partial charge in [-0.15, -0.1) is 0 Å². The lowest BCUT2D eigenvalue weighted by Gasteiger charge is -2.20. The Morgan fingerprint density at radius 3 is 2.81 bits per heavy atom. The monoisotopic (exact) mass is 414 g/mol. The van der Waals surface area contributed by atoms with Crippen LogP contribution in [0.2, 0.25) is 10.0 Å². The van der Waals surface area contributed by atoms with Gasteiger partial charge in [0.05, 0.1) is 27.6 Å². The van der Waals surface area contributed by atoms with Gasteiger partial charge in [-0.25, -0.2) is 23.8 Å². The van der Waals surface area contributed by atoms with Gasteiger partial charge >= 0.3 is 0 Å². The molecule has 0 atom stereocenters. The fourth-order valence-electron chi connectivity index (χ4n) is 2.47. The molecule has 2 N–H and O–H groups in total. The first-order valence-corrected chi connectivity index (χ1v) is 9.52. The molecule has 8 nitrogen and oxygen atoms in total. The molecule has 0 unspecified atom stereocenters. The number of nitrogens with zero attached hydrogens (tertiary/aromatic N) is 4. The molecule has 0 saturated heterocycles. The molecular formula is C15H16Cl2N6O2S. The molecule has 0 aliphatic heterocycles. The Morgan fingerprint density at radius 1 is 1.31 bits per heavy atom. The highest BCUT2D eigenvalue weighted by atomic mass is 35.5. The normalized spacial score (nSPS) is 11.4. The van der Waals surface area contributed by atoms with E-state index in [4.69, 9.17) is 23.2 Å². The Balaban J connectivity index is 1.99. The van der Waals surface area contributed by atoms with Crippen LogP contribution in [0, 0.1) is 0 Å². The van der Waals surface area contributed by atoms with E-state index >= 15 is 0 Å². The van der Waals surface area contributed by atoms with Gasteiger partial charge in [0.2, 0.25) is 10.9 Å². The van der Waals surface area contributed by atoms with Gasteiger partial charge < -0.3 is 9.47 Å². The van der Waals surface area contributed by atoms with Gasteiger partial charge in [0.15, 0.2) is 0 Å². The summed E-state index contributed by atoms with van der Waals surface area (Å²) in [6.45, 7) is 0.902. The highest BCUT2D eigenvalue weighted by molar-refractivity contribution is 7.70. The topological polar surface area (TPSA) is 92.2 Å². The average molecular weight is 415 g/mol. The lowest BCUT2D eigenvalue weighted by Crippen LogP contribution is -2.37. The van der Waals surface area contributed by atoms with Crippen molar-refractivity contribution in [3.8, 4) is 5.69 Å². The number of benzene rings is 1. The van der Waals surface area contributed by atoms with E-state index in [0.717, 1.165) is 11.1 Å². The molecule has 0 spiro atoms. The van der Waals surface area contributed by atoms with Crippen molar-refractivity contribution in [1.29, 1.82) is 0 Å². The van der Waals surface area contributed by atoms with Crippen LogP contribution in [0.15, 0.2) is 36.9 Å². The lowest BCUT2D eigenvalue weighted by molar-refractivity contribution is 0.575. The van der Waals surface area contributed by atoms with Gasteiger partial charge in [-0.2, -0.15) is 4.83 Å². The van der Waals surface area contributed by atoms with Crippen LogP contribution in [0.5, 0.6) is 0 Å². The molecule has 3 aromatic rings. The first-order chi connectivity index (χ1) is 12.5. The summed E-state index contributed by atoms with van der Waals surface area (Å²) in [6.07, 6.45) is 5.21. The Hall–Kier alpha value is -1.91. The number of thiol groups is 1. The fraction of sp³-hybridized carbons (Fsp3) is 0.200. The molecule has 11 heteroatoms. The van der Waals surface area contributed by atoms with Gasteiger partial charge in [-0.3, -0.25) is 0 Å². The number of imidazole rings is 1. The molecule has 26 heavy (non-hydrogen) atoms. The number of fused-ring (bicyclic) bond motifs is 1. The average Bonchev–Trinajstić information content (AvgIpc) is 3.15. The maximum atomic E-state index is 10.5. The van der Waals surface area contributed by atoms with E-state index in [9.17, 15) is 8.42 Å². The van der Waals surface area contributed by atoms with Crippen LogP contribution < -0.4 is 15.2 Å². The summed E-state index contributed by atoms with van der Waals surface area (Å²) in [5, 5.41) is 1.65. The zero-order chi connectivity index (χ0) is 18.7. The molecule has 2 heterocycles. The van der Waals surface area contributed by atoms with E-state index in [1.54, 1.807) is 18.6 Å². The zero-order valence-electron chi connectivity index (χ0n) is 13.7. The molecule has 0 aliphatic rings. The van der Waals surface area contributed by atoms with E-state index in [-0.39, 0.29) is 0 Å². The fourth-order valence-corrected chi connectivity index (χ4v) is 3.07. The summed E-state index contributed by atoms with van der Waals surface area (Å²) >= 11 is 12.5. The molecular weight excluding hydrogens is 399 g/mol. The Morgan fingerprint density at radius 2 is 2.12 bits per heavy atom. The minimum absolute atomic E-state index is 0.379. The molecule has 0 saturated carbocycles. The lowest BCUT2D eigenvalue weighted by atomic mass is 10.1. The Labute approximate surface area is 161 Å². The van der Waals surface area contributed by atoms with Gasteiger partial charge in [0, 0.05) is 44.0 Å². The summed E-state index contributed by atoms with van der Waals surface area (Å²) in [5.74, 6) is 0.665. The van der Waals surface area contributed by atoms with Crippen LogP contribution in [0.1, 0.15) is 0 Å². The standard InChI is InChI=1S/C15H16Cl2N6O2S/c1-22(6-5-19-21-26(24)25)13-8-12(23-7-4-18-9-23)10-2-3-11(16)14(17)15(10)20-13/h2-4,7-9,19,26H,5-6H2,1H3,(H,21,24,25). The molecule has 0 fully saturated rings. The van der Waals surface area contributed by atoms with Gasteiger partial charge in [-0.05, 0) is 12.1 Å². The van der Waals surface area contributed by atoms with E-state index in [1.807, 2.05) is 34.8 Å². The van der Waals surface area contributed by atoms with E-state index in [2.05, 4.69) is 20.2 Å². The Kier molecular flexibility index (Phi) is 5.94. The van der Waals surface area contributed by atoms with Crippen molar-refractivity contribution < 1.29 is 8.42 Å². The molecule has 0 aliphatic carbocycles. The number of likely N-dealkylation sites (N-methyl/N-ethyl adjacent to an activating group) is 1. The third-order valence-electron chi connectivity index (χ3n) is 3.75. The molecule has 3 rings (SSSR count). The summed E-state index contributed by atoms with van der Waals surface area (Å²) in [4.78, 5) is 12.7. The van der Waals surface area contributed by atoms with Crippen LogP contribution in [0.3, 0.4) is 0 Å². The third kappa shape index (κ3) is 4.08.